The Morgan fingerprint density at radius 2 is 1.65 bits per heavy atom. The molecular formula is C20H37N3O3. The van der Waals surface area contributed by atoms with Crippen LogP contribution >= 0.6 is 0 Å². The van der Waals surface area contributed by atoms with Gasteiger partial charge in [0.25, 0.3) is 0 Å². The van der Waals surface area contributed by atoms with Crippen molar-refractivity contribution in [3.8, 4) is 0 Å². The standard InChI is InChI=1S/C20H37N3O3/c1-20(2,3)26-19(25)23-14-16-10-7-11-17(16)21-12-13-22-18(24)15-8-5-4-6-9-15/h15-17,21H,4-14H2,1-3H3,(H,22,24)(H,23,25)/t16-,17+/m1/s1. The zero-order valence-electron chi connectivity index (χ0n) is 16.7. The minimum absolute atomic E-state index is 0.223. The number of nitrogens with one attached hydrogen (secondary N) is 3. The van der Waals surface area contributed by atoms with E-state index < -0.39 is 5.60 Å². The molecular weight excluding hydrogens is 330 g/mol. The van der Waals surface area contributed by atoms with Crippen LogP contribution in [-0.4, -0.2) is 43.3 Å². The molecule has 2 saturated carbocycles. The maximum Gasteiger partial charge on any atom is 0.407 e. The Morgan fingerprint density at radius 1 is 0.923 bits per heavy atom. The molecule has 0 saturated heterocycles. The molecule has 0 aromatic heterocycles. The first-order valence-corrected chi connectivity index (χ1v) is 10.3. The van der Waals surface area contributed by atoms with Gasteiger partial charge < -0.3 is 20.7 Å². The number of carbonyl (C=O) groups is 2. The van der Waals surface area contributed by atoms with Gasteiger partial charge in [0.2, 0.25) is 5.91 Å². The van der Waals surface area contributed by atoms with Crippen molar-refractivity contribution in [2.75, 3.05) is 19.6 Å². The molecule has 2 aliphatic carbocycles. The van der Waals surface area contributed by atoms with Crippen LogP contribution in [0.25, 0.3) is 0 Å². The normalized spacial score (nSPS) is 24.3. The lowest BCUT2D eigenvalue weighted by Crippen LogP contribution is -2.43. The fourth-order valence-corrected chi connectivity index (χ4v) is 4.03. The minimum Gasteiger partial charge on any atom is -0.444 e. The van der Waals surface area contributed by atoms with Gasteiger partial charge in [-0.2, -0.15) is 0 Å². The second kappa shape index (κ2) is 10.1. The lowest BCUT2D eigenvalue weighted by molar-refractivity contribution is -0.125. The van der Waals surface area contributed by atoms with E-state index in [9.17, 15) is 9.59 Å². The number of rotatable bonds is 7. The molecule has 2 amide bonds. The Bertz CT molecular complexity index is 456. The van der Waals surface area contributed by atoms with Crippen molar-refractivity contribution in [2.24, 2.45) is 11.8 Å². The van der Waals surface area contributed by atoms with Crippen LogP contribution < -0.4 is 16.0 Å². The number of hydrogen-bond acceptors (Lipinski definition) is 4. The number of hydrogen-bond donors (Lipinski definition) is 3. The van der Waals surface area contributed by atoms with Crippen LogP contribution in [0.4, 0.5) is 4.79 Å². The Labute approximate surface area is 158 Å². The molecule has 26 heavy (non-hydrogen) atoms. The van der Waals surface area contributed by atoms with Gasteiger partial charge in [-0.3, -0.25) is 4.79 Å². The zero-order chi connectivity index (χ0) is 19.0. The summed E-state index contributed by atoms with van der Waals surface area (Å²) in [6.45, 7) is 7.71. The summed E-state index contributed by atoms with van der Waals surface area (Å²) >= 11 is 0. The summed E-state index contributed by atoms with van der Waals surface area (Å²) in [6.07, 6.45) is 8.79. The monoisotopic (exact) mass is 367 g/mol. The molecule has 0 aromatic carbocycles. The van der Waals surface area contributed by atoms with Gasteiger partial charge in [0.05, 0.1) is 0 Å². The van der Waals surface area contributed by atoms with Gasteiger partial charge in [0, 0.05) is 31.6 Å². The van der Waals surface area contributed by atoms with Crippen molar-refractivity contribution in [3.63, 3.8) is 0 Å². The molecule has 2 atom stereocenters. The third-order valence-electron chi connectivity index (χ3n) is 5.37. The van der Waals surface area contributed by atoms with E-state index in [1.807, 2.05) is 20.8 Å². The number of alkyl carbamates (subject to hydrolysis) is 1. The smallest absolute Gasteiger partial charge is 0.407 e. The maximum absolute atomic E-state index is 12.1. The molecule has 2 fully saturated rings. The van der Waals surface area contributed by atoms with Crippen LogP contribution in [0.15, 0.2) is 0 Å². The lowest BCUT2D eigenvalue weighted by Gasteiger charge is -2.24. The van der Waals surface area contributed by atoms with Gasteiger partial charge in [-0.05, 0) is 52.4 Å². The van der Waals surface area contributed by atoms with Crippen molar-refractivity contribution in [1.29, 1.82) is 0 Å². The number of amides is 2. The third-order valence-corrected chi connectivity index (χ3v) is 5.37. The Balaban J connectivity index is 1.60. The Hall–Kier alpha value is -1.30. The second-order valence-electron chi connectivity index (χ2n) is 8.76. The Kier molecular flexibility index (Phi) is 8.19. The van der Waals surface area contributed by atoms with E-state index in [2.05, 4.69) is 16.0 Å². The molecule has 0 radical (unpaired) electrons. The van der Waals surface area contributed by atoms with Crippen molar-refractivity contribution in [1.82, 2.24) is 16.0 Å². The summed E-state index contributed by atoms with van der Waals surface area (Å²) in [5, 5.41) is 9.52. The van der Waals surface area contributed by atoms with Gasteiger partial charge in [-0.1, -0.05) is 25.7 Å². The maximum atomic E-state index is 12.1. The molecule has 0 bridgehead atoms. The minimum atomic E-state index is -0.464. The van der Waals surface area contributed by atoms with E-state index in [0.29, 0.717) is 25.0 Å². The van der Waals surface area contributed by atoms with Crippen LogP contribution in [0.2, 0.25) is 0 Å². The van der Waals surface area contributed by atoms with Gasteiger partial charge in [-0.25, -0.2) is 4.79 Å². The zero-order valence-corrected chi connectivity index (χ0v) is 16.7. The largest absolute Gasteiger partial charge is 0.444 e. The first kappa shape index (κ1) is 21.0. The van der Waals surface area contributed by atoms with Crippen molar-refractivity contribution < 1.29 is 14.3 Å². The topological polar surface area (TPSA) is 79.5 Å². The highest BCUT2D eigenvalue weighted by Gasteiger charge is 2.28. The van der Waals surface area contributed by atoms with Crippen LogP contribution in [0, 0.1) is 11.8 Å². The first-order chi connectivity index (χ1) is 12.3. The average molecular weight is 368 g/mol. The van der Waals surface area contributed by atoms with Crippen molar-refractivity contribution >= 4 is 12.0 Å². The van der Waals surface area contributed by atoms with Crippen LogP contribution in [-0.2, 0) is 9.53 Å². The fourth-order valence-electron chi connectivity index (χ4n) is 4.03. The molecule has 2 rings (SSSR count). The second-order valence-corrected chi connectivity index (χ2v) is 8.76. The molecule has 0 aliphatic heterocycles. The first-order valence-electron chi connectivity index (χ1n) is 10.3. The lowest BCUT2D eigenvalue weighted by atomic mass is 9.89. The number of carbonyl (C=O) groups excluding carboxylic acids is 2. The van der Waals surface area contributed by atoms with Gasteiger partial charge in [0.1, 0.15) is 5.60 Å². The molecule has 0 unspecified atom stereocenters. The molecule has 6 nitrogen and oxygen atoms in total. The fraction of sp³-hybridized carbons (Fsp3) is 0.900. The van der Waals surface area contributed by atoms with Crippen LogP contribution in [0.3, 0.4) is 0 Å². The molecule has 0 heterocycles. The molecule has 0 aromatic rings. The molecule has 0 spiro atoms. The van der Waals surface area contributed by atoms with Crippen LogP contribution in [0.1, 0.15) is 72.1 Å². The van der Waals surface area contributed by atoms with Crippen molar-refractivity contribution in [3.05, 3.63) is 0 Å². The number of ether oxygens (including phenoxy) is 1. The predicted molar refractivity (Wildman–Crippen MR) is 103 cm³/mol. The summed E-state index contributed by atoms with van der Waals surface area (Å²) in [5.41, 5.74) is -0.464. The Morgan fingerprint density at radius 3 is 2.35 bits per heavy atom. The highest BCUT2D eigenvalue weighted by atomic mass is 16.6. The van der Waals surface area contributed by atoms with E-state index >= 15 is 0 Å². The highest BCUT2D eigenvalue weighted by molar-refractivity contribution is 5.78. The highest BCUT2D eigenvalue weighted by Crippen LogP contribution is 2.25. The SMILES string of the molecule is CC(C)(C)OC(=O)NC[C@H]1CCC[C@@H]1NCCNC(=O)C1CCCCC1. The summed E-state index contributed by atoms with van der Waals surface area (Å²) < 4.78 is 5.30. The van der Waals surface area contributed by atoms with Crippen LogP contribution in [0.5, 0.6) is 0 Å². The quantitative estimate of drug-likeness (QED) is 0.605. The summed E-state index contributed by atoms with van der Waals surface area (Å²) in [5.74, 6) is 0.874. The van der Waals surface area contributed by atoms with E-state index in [1.165, 1.54) is 25.7 Å². The van der Waals surface area contributed by atoms with Gasteiger partial charge in [0.15, 0.2) is 0 Å². The average Bonchev–Trinajstić information content (AvgIpc) is 3.03. The van der Waals surface area contributed by atoms with Gasteiger partial charge in [-0.15, -0.1) is 0 Å². The van der Waals surface area contributed by atoms with Crippen molar-refractivity contribution in [2.45, 2.75) is 83.8 Å². The van der Waals surface area contributed by atoms with E-state index in [1.54, 1.807) is 0 Å². The molecule has 6 heteroatoms. The summed E-state index contributed by atoms with van der Waals surface area (Å²) in [7, 11) is 0. The molecule has 3 N–H and O–H groups in total. The van der Waals surface area contributed by atoms with E-state index in [4.69, 9.17) is 4.74 Å². The summed E-state index contributed by atoms with van der Waals surface area (Å²) in [6, 6.07) is 0.400. The summed E-state index contributed by atoms with van der Waals surface area (Å²) in [4.78, 5) is 24.0. The van der Waals surface area contributed by atoms with E-state index in [0.717, 1.165) is 32.2 Å². The molecule has 150 valence electrons. The third kappa shape index (κ3) is 7.52. The van der Waals surface area contributed by atoms with E-state index in [-0.39, 0.29) is 17.9 Å². The predicted octanol–water partition coefficient (Wildman–Crippen LogP) is 2.97. The molecule has 2 aliphatic rings. The van der Waals surface area contributed by atoms with Gasteiger partial charge >= 0.3 is 6.09 Å².